The quantitative estimate of drug-likeness (QED) is 0.836. The standard InChI is InChI=1S/C13H21N3O.ClH/c1-11-13(16-9-8-15-11)17-10-2-3-12-4-6-14-7-5-12;/h8-9,12,14H,2-7,10H2,1H3;1H. The first-order valence-electron chi connectivity index (χ1n) is 6.47. The van der Waals surface area contributed by atoms with Crippen molar-refractivity contribution in [2.24, 2.45) is 5.92 Å². The maximum atomic E-state index is 5.64. The lowest BCUT2D eigenvalue weighted by atomic mass is 9.93. The van der Waals surface area contributed by atoms with Gasteiger partial charge in [-0.3, -0.25) is 4.98 Å². The van der Waals surface area contributed by atoms with E-state index in [4.69, 9.17) is 4.74 Å². The maximum absolute atomic E-state index is 5.64. The lowest BCUT2D eigenvalue weighted by Crippen LogP contribution is -2.27. The van der Waals surface area contributed by atoms with Crippen LogP contribution in [0.5, 0.6) is 5.88 Å². The van der Waals surface area contributed by atoms with Gasteiger partial charge in [-0.1, -0.05) is 0 Å². The van der Waals surface area contributed by atoms with E-state index in [1.807, 2.05) is 6.92 Å². The van der Waals surface area contributed by atoms with Crippen molar-refractivity contribution in [3.05, 3.63) is 18.1 Å². The van der Waals surface area contributed by atoms with E-state index >= 15 is 0 Å². The highest BCUT2D eigenvalue weighted by Crippen LogP contribution is 2.18. The third kappa shape index (κ3) is 4.78. The number of hydrogen-bond donors (Lipinski definition) is 1. The van der Waals surface area contributed by atoms with Gasteiger partial charge < -0.3 is 10.1 Å². The molecule has 1 aliphatic rings. The fourth-order valence-electron chi connectivity index (χ4n) is 2.25. The maximum Gasteiger partial charge on any atom is 0.235 e. The van der Waals surface area contributed by atoms with E-state index in [0.29, 0.717) is 5.88 Å². The molecule has 2 heterocycles. The Morgan fingerprint density at radius 2 is 2.00 bits per heavy atom. The van der Waals surface area contributed by atoms with Crippen molar-refractivity contribution in [3.63, 3.8) is 0 Å². The summed E-state index contributed by atoms with van der Waals surface area (Å²) in [5.41, 5.74) is 0.870. The fraction of sp³-hybridized carbons (Fsp3) is 0.692. The molecule has 4 nitrogen and oxygen atoms in total. The lowest BCUT2D eigenvalue weighted by molar-refractivity contribution is 0.264. The third-order valence-corrected chi connectivity index (χ3v) is 3.29. The zero-order valence-corrected chi connectivity index (χ0v) is 11.7. The highest BCUT2D eigenvalue weighted by atomic mass is 35.5. The molecule has 1 N–H and O–H groups in total. The van der Waals surface area contributed by atoms with Gasteiger partial charge >= 0.3 is 0 Å². The first-order chi connectivity index (χ1) is 8.36. The summed E-state index contributed by atoms with van der Waals surface area (Å²) in [4.78, 5) is 8.32. The van der Waals surface area contributed by atoms with E-state index in [-0.39, 0.29) is 12.4 Å². The summed E-state index contributed by atoms with van der Waals surface area (Å²) in [6, 6.07) is 0. The molecule has 2 rings (SSSR count). The first-order valence-corrected chi connectivity index (χ1v) is 6.47. The number of ether oxygens (including phenoxy) is 1. The topological polar surface area (TPSA) is 47.0 Å². The Morgan fingerprint density at radius 1 is 1.28 bits per heavy atom. The molecular formula is C13H22ClN3O. The number of hydrogen-bond acceptors (Lipinski definition) is 4. The van der Waals surface area contributed by atoms with Crippen molar-refractivity contribution in [1.29, 1.82) is 0 Å². The molecule has 0 unspecified atom stereocenters. The molecule has 1 aliphatic heterocycles. The molecule has 0 spiro atoms. The normalized spacial score (nSPS) is 16.1. The Balaban J connectivity index is 0.00000162. The van der Waals surface area contributed by atoms with Crippen LogP contribution in [-0.2, 0) is 0 Å². The second-order valence-corrected chi connectivity index (χ2v) is 4.63. The van der Waals surface area contributed by atoms with E-state index in [1.54, 1.807) is 12.4 Å². The molecule has 1 fully saturated rings. The predicted octanol–water partition coefficient (Wildman–Crippen LogP) is 2.37. The Bertz CT molecular complexity index is 343. The zero-order valence-electron chi connectivity index (χ0n) is 10.9. The average molecular weight is 272 g/mol. The molecule has 0 amide bonds. The number of nitrogens with one attached hydrogen (secondary N) is 1. The summed E-state index contributed by atoms with van der Waals surface area (Å²) >= 11 is 0. The number of aryl methyl sites for hydroxylation is 1. The van der Waals surface area contributed by atoms with Gasteiger partial charge in [-0.2, -0.15) is 0 Å². The second-order valence-electron chi connectivity index (χ2n) is 4.63. The predicted molar refractivity (Wildman–Crippen MR) is 74.3 cm³/mol. The number of halogens is 1. The van der Waals surface area contributed by atoms with E-state index in [1.165, 1.54) is 32.4 Å². The molecule has 0 saturated carbocycles. The van der Waals surface area contributed by atoms with Crippen molar-refractivity contribution >= 4 is 12.4 Å². The van der Waals surface area contributed by atoms with Crippen molar-refractivity contribution in [2.75, 3.05) is 19.7 Å². The van der Waals surface area contributed by atoms with Crippen molar-refractivity contribution < 1.29 is 4.74 Å². The largest absolute Gasteiger partial charge is 0.476 e. The van der Waals surface area contributed by atoms with Crippen LogP contribution in [0.25, 0.3) is 0 Å². The molecule has 0 aliphatic carbocycles. The summed E-state index contributed by atoms with van der Waals surface area (Å²) in [6.45, 7) is 5.03. The van der Waals surface area contributed by atoms with Gasteiger partial charge in [0.25, 0.3) is 0 Å². The smallest absolute Gasteiger partial charge is 0.235 e. The van der Waals surface area contributed by atoms with Crippen LogP contribution in [0.4, 0.5) is 0 Å². The van der Waals surface area contributed by atoms with Crippen molar-refractivity contribution in [3.8, 4) is 5.88 Å². The van der Waals surface area contributed by atoms with Crippen LogP contribution in [0.15, 0.2) is 12.4 Å². The summed E-state index contributed by atoms with van der Waals surface area (Å²) in [7, 11) is 0. The van der Waals surface area contributed by atoms with Crippen LogP contribution in [0.3, 0.4) is 0 Å². The van der Waals surface area contributed by atoms with E-state index in [2.05, 4.69) is 15.3 Å². The summed E-state index contributed by atoms with van der Waals surface area (Å²) in [5, 5.41) is 3.39. The Morgan fingerprint density at radius 3 is 2.72 bits per heavy atom. The van der Waals surface area contributed by atoms with Crippen LogP contribution in [-0.4, -0.2) is 29.7 Å². The Kier molecular flexibility index (Phi) is 6.98. The molecule has 5 heteroatoms. The molecular weight excluding hydrogens is 250 g/mol. The zero-order chi connectivity index (χ0) is 11.9. The summed E-state index contributed by atoms with van der Waals surface area (Å²) in [6.07, 6.45) is 8.36. The number of rotatable bonds is 5. The monoisotopic (exact) mass is 271 g/mol. The summed E-state index contributed by atoms with van der Waals surface area (Å²) in [5.74, 6) is 1.56. The van der Waals surface area contributed by atoms with Gasteiger partial charge in [0.15, 0.2) is 0 Å². The molecule has 0 aromatic carbocycles. The number of piperidine rings is 1. The van der Waals surface area contributed by atoms with E-state index < -0.39 is 0 Å². The van der Waals surface area contributed by atoms with Crippen molar-refractivity contribution in [2.45, 2.75) is 32.6 Å². The lowest BCUT2D eigenvalue weighted by Gasteiger charge is -2.22. The molecule has 0 bridgehead atoms. The van der Waals surface area contributed by atoms with E-state index in [0.717, 1.165) is 24.6 Å². The minimum absolute atomic E-state index is 0. The van der Waals surface area contributed by atoms with Gasteiger partial charge in [-0.05, 0) is 51.6 Å². The molecule has 1 aromatic heterocycles. The van der Waals surface area contributed by atoms with Gasteiger partial charge in [-0.15, -0.1) is 12.4 Å². The van der Waals surface area contributed by atoms with Crippen LogP contribution >= 0.6 is 12.4 Å². The van der Waals surface area contributed by atoms with Gasteiger partial charge in [0.1, 0.15) is 0 Å². The van der Waals surface area contributed by atoms with Gasteiger partial charge in [0.05, 0.1) is 12.3 Å². The average Bonchev–Trinajstić information content (AvgIpc) is 2.38. The Labute approximate surface area is 115 Å². The molecule has 102 valence electrons. The molecule has 1 saturated heterocycles. The second kappa shape index (κ2) is 8.27. The van der Waals surface area contributed by atoms with Gasteiger partial charge in [-0.25, -0.2) is 4.98 Å². The molecule has 0 atom stereocenters. The van der Waals surface area contributed by atoms with Crippen LogP contribution < -0.4 is 10.1 Å². The van der Waals surface area contributed by atoms with Crippen LogP contribution in [0, 0.1) is 12.8 Å². The fourth-order valence-corrected chi connectivity index (χ4v) is 2.25. The van der Waals surface area contributed by atoms with Crippen LogP contribution in [0.1, 0.15) is 31.4 Å². The minimum atomic E-state index is 0. The SMILES string of the molecule is Cc1nccnc1OCCCC1CCNCC1.Cl. The van der Waals surface area contributed by atoms with E-state index in [9.17, 15) is 0 Å². The molecule has 1 aromatic rings. The summed E-state index contributed by atoms with van der Waals surface area (Å²) < 4.78 is 5.64. The van der Waals surface area contributed by atoms with Gasteiger partial charge in [0, 0.05) is 12.4 Å². The third-order valence-electron chi connectivity index (χ3n) is 3.29. The van der Waals surface area contributed by atoms with Crippen molar-refractivity contribution in [1.82, 2.24) is 15.3 Å². The Hall–Kier alpha value is -0.870. The van der Waals surface area contributed by atoms with Crippen LogP contribution in [0.2, 0.25) is 0 Å². The first kappa shape index (κ1) is 15.2. The number of nitrogens with zero attached hydrogens (tertiary/aromatic N) is 2. The molecule has 18 heavy (non-hydrogen) atoms. The van der Waals surface area contributed by atoms with Gasteiger partial charge in [0.2, 0.25) is 5.88 Å². The minimum Gasteiger partial charge on any atom is -0.476 e. The highest BCUT2D eigenvalue weighted by molar-refractivity contribution is 5.85. The molecule has 0 radical (unpaired) electrons. The highest BCUT2D eigenvalue weighted by Gasteiger charge is 2.12. The number of aromatic nitrogens is 2.